The van der Waals surface area contributed by atoms with Crippen molar-refractivity contribution in [2.24, 2.45) is 0 Å². The van der Waals surface area contributed by atoms with Gasteiger partial charge in [-0.15, -0.1) is 11.3 Å². The highest BCUT2D eigenvalue weighted by molar-refractivity contribution is 7.92. The van der Waals surface area contributed by atoms with E-state index in [0.717, 1.165) is 16.8 Å². The molecule has 0 saturated carbocycles. The molecule has 2 rings (SSSR count). The van der Waals surface area contributed by atoms with Crippen LogP contribution in [0.15, 0.2) is 36.4 Å². The first-order valence-corrected chi connectivity index (χ1v) is 8.47. The van der Waals surface area contributed by atoms with Crippen LogP contribution in [-0.4, -0.2) is 14.7 Å². The molecule has 1 aromatic carbocycles. The Morgan fingerprint density at radius 1 is 1.25 bits per heavy atom. The van der Waals surface area contributed by atoms with Crippen molar-refractivity contribution in [1.82, 2.24) is 0 Å². The molecule has 0 unspecified atom stereocenters. The van der Waals surface area contributed by atoms with Gasteiger partial charge in [0.15, 0.2) is 0 Å². The maximum absolute atomic E-state index is 11.2. The molecule has 20 heavy (non-hydrogen) atoms. The summed E-state index contributed by atoms with van der Waals surface area (Å²) in [6, 6.07) is 12.8. The van der Waals surface area contributed by atoms with Crippen molar-refractivity contribution in [2.45, 2.75) is 6.54 Å². The normalized spacial score (nSPS) is 10.8. The van der Waals surface area contributed by atoms with Gasteiger partial charge in [0.05, 0.1) is 11.9 Å². The Kier molecular flexibility index (Phi) is 4.27. The second-order valence-corrected chi connectivity index (χ2v) is 7.10. The summed E-state index contributed by atoms with van der Waals surface area (Å²) in [6.45, 7) is 0.592. The first-order valence-electron chi connectivity index (χ1n) is 5.77. The largest absolute Gasteiger partial charge is 0.380 e. The summed E-state index contributed by atoms with van der Waals surface area (Å²) < 4.78 is 24.8. The summed E-state index contributed by atoms with van der Waals surface area (Å²) in [5.41, 5.74) is 1.33. The van der Waals surface area contributed by atoms with Gasteiger partial charge in [-0.05, 0) is 30.3 Å². The smallest absolute Gasteiger partial charge is 0.229 e. The van der Waals surface area contributed by atoms with E-state index in [4.69, 9.17) is 5.26 Å². The molecule has 0 saturated heterocycles. The lowest BCUT2D eigenvalue weighted by Gasteiger charge is -2.08. The summed E-state index contributed by atoms with van der Waals surface area (Å²) in [5, 5.41) is 11.9. The third kappa shape index (κ3) is 4.26. The number of nitrogens with one attached hydrogen (secondary N) is 2. The third-order valence-electron chi connectivity index (χ3n) is 2.40. The quantitative estimate of drug-likeness (QED) is 0.889. The Morgan fingerprint density at radius 3 is 2.65 bits per heavy atom. The number of sulfonamides is 1. The van der Waals surface area contributed by atoms with Gasteiger partial charge in [-0.1, -0.05) is 6.07 Å². The summed E-state index contributed by atoms with van der Waals surface area (Å²) in [6.07, 6.45) is 1.11. The Balaban J connectivity index is 2.03. The van der Waals surface area contributed by atoms with E-state index >= 15 is 0 Å². The minimum Gasteiger partial charge on any atom is -0.380 e. The lowest BCUT2D eigenvalue weighted by molar-refractivity contribution is 0.607. The van der Waals surface area contributed by atoms with Crippen molar-refractivity contribution in [1.29, 1.82) is 5.26 Å². The Labute approximate surface area is 121 Å². The standard InChI is InChI=1S/C13H13N3O2S2/c1-20(17,18)16-11-4-2-3-10(7-11)15-9-13-6-5-12(8-14)19-13/h2-7,15-16H,9H2,1H3. The number of nitrogens with zero attached hydrogens (tertiary/aromatic N) is 1. The van der Waals surface area contributed by atoms with Crippen LogP contribution < -0.4 is 10.0 Å². The highest BCUT2D eigenvalue weighted by Gasteiger charge is 2.03. The van der Waals surface area contributed by atoms with Gasteiger partial charge >= 0.3 is 0 Å². The van der Waals surface area contributed by atoms with Gasteiger partial charge in [-0.2, -0.15) is 5.26 Å². The number of thiophene rings is 1. The summed E-state index contributed by atoms with van der Waals surface area (Å²) in [7, 11) is -3.27. The zero-order valence-electron chi connectivity index (χ0n) is 10.8. The van der Waals surface area contributed by atoms with Crippen molar-refractivity contribution in [3.8, 4) is 6.07 Å². The van der Waals surface area contributed by atoms with Crippen molar-refractivity contribution in [2.75, 3.05) is 16.3 Å². The van der Waals surface area contributed by atoms with E-state index in [0.29, 0.717) is 17.1 Å². The molecule has 2 N–H and O–H groups in total. The molecule has 0 aliphatic rings. The van der Waals surface area contributed by atoms with Crippen LogP contribution in [0.4, 0.5) is 11.4 Å². The molecule has 0 aliphatic heterocycles. The number of nitriles is 1. The fourth-order valence-corrected chi connectivity index (χ4v) is 2.93. The minimum atomic E-state index is -3.27. The fourth-order valence-electron chi connectivity index (χ4n) is 1.63. The molecular weight excluding hydrogens is 294 g/mol. The Bertz CT molecular complexity index is 745. The van der Waals surface area contributed by atoms with Crippen LogP contribution in [0.1, 0.15) is 9.75 Å². The van der Waals surface area contributed by atoms with Crippen LogP contribution in [0.25, 0.3) is 0 Å². The van der Waals surface area contributed by atoms with Gasteiger partial charge in [0.1, 0.15) is 10.9 Å². The van der Waals surface area contributed by atoms with E-state index in [1.165, 1.54) is 11.3 Å². The van der Waals surface area contributed by atoms with E-state index in [1.54, 1.807) is 24.3 Å². The Hall–Kier alpha value is -2.04. The number of anilines is 2. The molecule has 0 spiro atoms. The number of benzene rings is 1. The van der Waals surface area contributed by atoms with Gasteiger partial charge in [0.2, 0.25) is 10.0 Å². The number of hydrogen-bond donors (Lipinski definition) is 2. The van der Waals surface area contributed by atoms with Crippen LogP contribution in [0.3, 0.4) is 0 Å². The molecule has 0 atom stereocenters. The second kappa shape index (κ2) is 5.94. The monoisotopic (exact) mass is 307 g/mol. The predicted molar refractivity (Wildman–Crippen MR) is 81.3 cm³/mol. The number of hydrogen-bond acceptors (Lipinski definition) is 5. The molecule has 2 aromatic rings. The summed E-state index contributed by atoms with van der Waals surface area (Å²) in [4.78, 5) is 1.72. The molecule has 0 radical (unpaired) electrons. The fraction of sp³-hybridized carbons (Fsp3) is 0.154. The lowest BCUT2D eigenvalue weighted by Crippen LogP contribution is -2.09. The lowest BCUT2D eigenvalue weighted by atomic mass is 10.3. The third-order valence-corrected chi connectivity index (χ3v) is 4.00. The van der Waals surface area contributed by atoms with Gasteiger partial charge in [-0.25, -0.2) is 8.42 Å². The number of rotatable bonds is 5. The van der Waals surface area contributed by atoms with Gasteiger partial charge in [-0.3, -0.25) is 4.72 Å². The summed E-state index contributed by atoms with van der Waals surface area (Å²) >= 11 is 1.43. The first kappa shape index (κ1) is 14.4. The van der Waals surface area contributed by atoms with Gasteiger partial charge in [0, 0.05) is 17.1 Å². The molecule has 1 heterocycles. The molecule has 1 aromatic heterocycles. The van der Waals surface area contributed by atoms with E-state index in [2.05, 4.69) is 16.1 Å². The van der Waals surface area contributed by atoms with Crippen LogP contribution in [0.2, 0.25) is 0 Å². The Morgan fingerprint density at radius 2 is 2.00 bits per heavy atom. The zero-order chi connectivity index (χ0) is 14.6. The van der Waals surface area contributed by atoms with Crippen LogP contribution in [-0.2, 0) is 16.6 Å². The SMILES string of the molecule is CS(=O)(=O)Nc1cccc(NCc2ccc(C#N)s2)c1. The zero-order valence-corrected chi connectivity index (χ0v) is 12.4. The van der Waals surface area contributed by atoms with Crippen molar-refractivity contribution < 1.29 is 8.42 Å². The molecular formula is C13H13N3O2S2. The van der Waals surface area contributed by atoms with Gasteiger partial charge < -0.3 is 5.32 Å². The van der Waals surface area contributed by atoms with Crippen LogP contribution in [0.5, 0.6) is 0 Å². The van der Waals surface area contributed by atoms with Crippen molar-refractivity contribution in [3.05, 3.63) is 46.2 Å². The van der Waals surface area contributed by atoms with Crippen molar-refractivity contribution in [3.63, 3.8) is 0 Å². The molecule has 0 bridgehead atoms. The van der Waals surface area contributed by atoms with Crippen LogP contribution >= 0.6 is 11.3 Å². The molecule has 7 heteroatoms. The highest BCUT2D eigenvalue weighted by Crippen LogP contribution is 2.19. The average Bonchev–Trinajstić information content (AvgIpc) is 2.83. The predicted octanol–water partition coefficient (Wildman–Crippen LogP) is 2.60. The van der Waals surface area contributed by atoms with E-state index in [-0.39, 0.29) is 0 Å². The van der Waals surface area contributed by atoms with E-state index in [1.807, 2.05) is 12.1 Å². The van der Waals surface area contributed by atoms with E-state index in [9.17, 15) is 8.42 Å². The maximum atomic E-state index is 11.2. The highest BCUT2D eigenvalue weighted by atomic mass is 32.2. The molecule has 0 aliphatic carbocycles. The first-order chi connectivity index (χ1) is 9.46. The summed E-state index contributed by atoms with van der Waals surface area (Å²) in [5.74, 6) is 0. The topological polar surface area (TPSA) is 82.0 Å². The maximum Gasteiger partial charge on any atom is 0.229 e. The van der Waals surface area contributed by atoms with E-state index < -0.39 is 10.0 Å². The minimum absolute atomic E-state index is 0.515. The van der Waals surface area contributed by atoms with Gasteiger partial charge in [0.25, 0.3) is 0 Å². The second-order valence-electron chi connectivity index (χ2n) is 4.19. The average molecular weight is 307 g/mol. The molecule has 0 fully saturated rings. The van der Waals surface area contributed by atoms with Crippen molar-refractivity contribution >= 4 is 32.7 Å². The molecule has 104 valence electrons. The molecule has 0 amide bonds. The van der Waals surface area contributed by atoms with Crippen LogP contribution in [0, 0.1) is 11.3 Å². The molecule has 5 nitrogen and oxygen atoms in total.